The molecule has 0 saturated heterocycles. The molecular formula is C19H16F6N2O3. The Hall–Kier alpha value is -3.00. The molecule has 0 amide bonds. The fraction of sp³-hybridized carbons (Fsp3) is 0.368. The maximum atomic E-state index is 13.1. The summed E-state index contributed by atoms with van der Waals surface area (Å²) in [5.41, 5.74) is -5.09. The Morgan fingerprint density at radius 1 is 1.07 bits per heavy atom. The number of hydrogen-bond donors (Lipinski definition) is 1. The molecule has 0 fully saturated rings. The van der Waals surface area contributed by atoms with Crippen LogP contribution in [0.5, 0.6) is 0 Å². The number of rotatable bonds is 6. The Bertz CT molecular complexity index is 1040. The van der Waals surface area contributed by atoms with Crippen molar-refractivity contribution in [1.29, 1.82) is 0 Å². The van der Waals surface area contributed by atoms with Gasteiger partial charge in [0.2, 0.25) is 0 Å². The van der Waals surface area contributed by atoms with Crippen LogP contribution in [-0.4, -0.2) is 16.2 Å². The number of aromatic amines is 1. The molecule has 1 aromatic carbocycles. The predicted octanol–water partition coefficient (Wildman–Crippen LogP) is 3.33. The Kier molecular flexibility index (Phi) is 6.82. The molecule has 1 aromatic heterocycles. The molecule has 0 aliphatic carbocycles. The molecule has 0 atom stereocenters. The first kappa shape index (κ1) is 23.3. The van der Waals surface area contributed by atoms with Gasteiger partial charge in [-0.15, -0.1) is 6.42 Å². The number of hydrogen-bond acceptors (Lipinski definition) is 3. The van der Waals surface area contributed by atoms with Crippen molar-refractivity contribution < 1.29 is 31.1 Å². The summed E-state index contributed by atoms with van der Waals surface area (Å²) in [6.45, 7) is 0.917. The minimum absolute atomic E-state index is 0.00510. The second kappa shape index (κ2) is 8.79. The summed E-state index contributed by atoms with van der Waals surface area (Å²) in [5, 5.41) is 0. The molecule has 0 spiro atoms. The lowest BCUT2D eigenvalue weighted by atomic mass is 9.99. The molecule has 0 aliphatic heterocycles. The maximum absolute atomic E-state index is 13.1. The van der Waals surface area contributed by atoms with Crippen LogP contribution in [0, 0.1) is 12.3 Å². The van der Waals surface area contributed by atoms with E-state index in [1.54, 1.807) is 6.92 Å². The number of benzene rings is 1. The first-order valence-electron chi connectivity index (χ1n) is 8.52. The van der Waals surface area contributed by atoms with Crippen LogP contribution in [0.25, 0.3) is 0 Å². The van der Waals surface area contributed by atoms with E-state index >= 15 is 0 Å². The van der Waals surface area contributed by atoms with Gasteiger partial charge in [-0.25, -0.2) is 4.79 Å². The highest BCUT2D eigenvalue weighted by atomic mass is 19.4. The molecule has 0 unspecified atom stereocenters. The predicted molar refractivity (Wildman–Crippen MR) is 94.7 cm³/mol. The summed E-state index contributed by atoms with van der Waals surface area (Å²) >= 11 is 0. The highest BCUT2D eigenvalue weighted by Crippen LogP contribution is 2.36. The van der Waals surface area contributed by atoms with Gasteiger partial charge in [0.1, 0.15) is 13.3 Å². The first-order valence-corrected chi connectivity index (χ1v) is 8.52. The number of aromatic nitrogens is 2. The minimum atomic E-state index is -5.02. The van der Waals surface area contributed by atoms with Crippen molar-refractivity contribution in [3.8, 4) is 12.3 Å². The average Bonchev–Trinajstić information content (AvgIpc) is 2.62. The van der Waals surface area contributed by atoms with E-state index in [1.807, 2.05) is 4.98 Å². The zero-order valence-corrected chi connectivity index (χ0v) is 15.6. The highest BCUT2D eigenvalue weighted by Gasteiger charge is 2.37. The van der Waals surface area contributed by atoms with Gasteiger partial charge >= 0.3 is 18.0 Å². The number of alkyl halides is 6. The van der Waals surface area contributed by atoms with Crippen molar-refractivity contribution >= 4 is 0 Å². The summed E-state index contributed by atoms with van der Waals surface area (Å²) in [7, 11) is 0. The molecule has 0 saturated carbocycles. The molecule has 1 heterocycles. The van der Waals surface area contributed by atoms with Gasteiger partial charge in [-0.3, -0.25) is 14.3 Å². The number of terminal acetylenes is 1. The van der Waals surface area contributed by atoms with Crippen LogP contribution in [-0.2, 0) is 36.7 Å². The van der Waals surface area contributed by atoms with E-state index in [4.69, 9.17) is 11.2 Å². The zero-order chi connectivity index (χ0) is 22.7. The molecule has 5 nitrogen and oxygen atoms in total. The SMILES string of the molecule is C#CCOCn1c(Cc2cc(C(F)(F)F)cc(C(F)(F)F)c2)c(CC)c(=O)[nH]c1=O. The molecule has 2 aromatic rings. The third-order valence-electron chi connectivity index (χ3n) is 4.19. The second-order valence-electron chi connectivity index (χ2n) is 6.24. The number of nitrogens with zero attached hydrogens (tertiary/aromatic N) is 1. The normalized spacial score (nSPS) is 12.1. The highest BCUT2D eigenvalue weighted by molar-refractivity contribution is 5.36. The van der Waals surface area contributed by atoms with E-state index in [0.717, 1.165) is 4.57 Å². The van der Waals surface area contributed by atoms with Gasteiger partial charge in [0.25, 0.3) is 5.56 Å². The van der Waals surface area contributed by atoms with E-state index in [1.165, 1.54) is 0 Å². The first-order chi connectivity index (χ1) is 13.9. The van der Waals surface area contributed by atoms with Crippen molar-refractivity contribution in [2.75, 3.05) is 6.61 Å². The third-order valence-corrected chi connectivity index (χ3v) is 4.19. The lowest BCUT2D eigenvalue weighted by Crippen LogP contribution is -2.36. The van der Waals surface area contributed by atoms with Crippen LogP contribution in [0.4, 0.5) is 26.3 Å². The van der Waals surface area contributed by atoms with Crippen LogP contribution in [0.1, 0.15) is 34.9 Å². The van der Waals surface area contributed by atoms with Gasteiger partial charge in [-0.1, -0.05) is 12.8 Å². The number of nitrogens with one attached hydrogen (secondary N) is 1. The Morgan fingerprint density at radius 2 is 1.63 bits per heavy atom. The third kappa shape index (κ3) is 5.33. The van der Waals surface area contributed by atoms with E-state index in [-0.39, 0.29) is 35.9 Å². The van der Waals surface area contributed by atoms with Crippen molar-refractivity contribution in [2.24, 2.45) is 0 Å². The number of H-pyrrole nitrogens is 1. The second-order valence-corrected chi connectivity index (χ2v) is 6.24. The van der Waals surface area contributed by atoms with Gasteiger partial charge < -0.3 is 4.74 Å². The molecule has 1 N–H and O–H groups in total. The van der Waals surface area contributed by atoms with Crippen LogP contribution in [0.15, 0.2) is 27.8 Å². The van der Waals surface area contributed by atoms with E-state index in [9.17, 15) is 35.9 Å². The fourth-order valence-electron chi connectivity index (χ4n) is 2.87. The average molecular weight is 434 g/mol. The van der Waals surface area contributed by atoms with Gasteiger partial charge in [0.05, 0.1) is 11.1 Å². The van der Waals surface area contributed by atoms with Crippen LogP contribution in [0.3, 0.4) is 0 Å². The van der Waals surface area contributed by atoms with Crippen LogP contribution in [0.2, 0.25) is 0 Å². The van der Waals surface area contributed by atoms with E-state index in [0.29, 0.717) is 12.1 Å². The van der Waals surface area contributed by atoms with Crippen LogP contribution < -0.4 is 11.2 Å². The standard InChI is InChI=1S/C19H16F6N2O3/c1-3-5-30-10-27-15(14(4-2)16(28)26-17(27)29)8-11-6-12(18(20,21)22)9-13(7-11)19(23,24)25/h1,6-7,9H,4-5,8,10H2,2H3,(H,26,28,29). The number of ether oxygens (including phenoxy) is 1. The summed E-state index contributed by atoms with van der Waals surface area (Å²) in [4.78, 5) is 26.3. The topological polar surface area (TPSA) is 64.1 Å². The van der Waals surface area contributed by atoms with Crippen molar-refractivity contribution in [3.63, 3.8) is 0 Å². The fourth-order valence-corrected chi connectivity index (χ4v) is 2.87. The summed E-state index contributed by atoms with van der Waals surface area (Å²) < 4.78 is 84.7. The molecule has 162 valence electrons. The molecule has 0 radical (unpaired) electrons. The molecular weight excluding hydrogens is 418 g/mol. The van der Waals surface area contributed by atoms with Gasteiger partial charge in [-0.2, -0.15) is 26.3 Å². The van der Waals surface area contributed by atoms with E-state index in [2.05, 4.69) is 5.92 Å². The van der Waals surface area contributed by atoms with Crippen molar-refractivity contribution in [2.45, 2.75) is 38.8 Å². The summed E-state index contributed by atoms with van der Waals surface area (Å²) in [6, 6.07) is 1.10. The van der Waals surface area contributed by atoms with Gasteiger partial charge in [0, 0.05) is 17.7 Å². The summed E-state index contributed by atoms with van der Waals surface area (Å²) in [5.74, 6) is 2.16. The molecule has 0 bridgehead atoms. The Morgan fingerprint density at radius 3 is 2.10 bits per heavy atom. The van der Waals surface area contributed by atoms with Gasteiger partial charge in [0.15, 0.2) is 0 Å². The quantitative estimate of drug-likeness (QED) is 0.431. The zero-order valence-electron chi connectivity index (χ0n) is 15.6. The van der Waals surface area contributed by atoms with E-state index < -0.39 is 47.9 Å². The largest absolute Gasteiger partial charge is 0.416 e. The summed E-state index contributed by atoms with van der Waals surface area (Å²) in [6.07, 6.45) is -5.45. The molecule has 2 rings (SSSR count). The molecule has 0 aliphatic rings. The monoisotopic (exact) mass is 434 g/mol. The lowest BCUT2D eigenvalue weighted by Gasteiger charge is -2.18. The molecule has 30 heavy (non-hydrogen) atoms. The van der Waals surface area contributed by atoms with Crippen molar-refractivity contribution in [3.05, 3.63) is 67.0 Å². The van der Waals surface area contributed by atoms with Crippen LogP contribution >= 0.6 is 0 Å². The lowest BCUT2D eigenvalue weighted by molar-refractivity contribution is -0.143. The number of halogens is 6. The van der Waals surface area contributed by atoms with Crippen molar-refractivity contribution in [1.82, 2.24) is 9.55 Å². The maximum Gasteiger partial charge on any atom is 0.416 e. The minimum Gasteiger partial charge on any atom is -0.348 e. The van der Waals surface area contributed by atoms with Gasteiger partial charge in [-0.05, 0) is 30.2 Å². The Labute approximate surface area is 166 Å². The Balaban J connectivity index is 2.67. The molecule has 11 heteroatoms. The smallest absolute Gasteiger partial charge is 0.348 e.